The Morgan fingerprint density at radius 1 is 1.20 bits per heavy atom. The zero-order chi connectivity index (χ0) is 14.9. The van der Waals surface area contributed by atoms with Gasteiger partial charge in [-0.1, -0.05) is 45.4 Å². The van der Waals surface area contributed by atoms with Crippen LogP contribution in [0, 0.1) is 12.8 Å². The number of hydrogen-bond acceptors (Lipinski definition) is 1. The summed E-state index contributed by atoms with van der Waals surface area (Å²) < 4.78 is 0. The van der Waals surface area contributed by atoms with Crippen molar-refractivity contribution in [3.05, 3.63) is 29.3 Å². The smallest absolute Gasteiger partial charge is 0.237 e. The molecule has 2 nitrogen and oxygen atoms in total. The molecule has 0 radical (unpaired) electrons. The number of benzene rings is 1. The average Bonchev–Trinajstić information content (AvgIpc) is 2.64. The summed E-state index contributed by atoms with van der Waals surface area (Å²) in [5.41, 5.74) is 3.34. The molecule has 0 fully saturated rings. The van der Waals surface area contributed by atoms with Crippen LogP contribution in [0.1, 0.15) is 58.1 Å². The molecule has 0 N–H and O–H groups in total. The molecule has 110 valence electrons. The monoisotopic (exact) mass is 273 g/mol. The molecule has 0 aliphatic carbocycles. The first-order chi connectivity index (χ1) is 9.46. The summed E-state index contributed by atoms with van der Waals surface area (Å²) in [4.78, 5) is 15.0. The van der Waals surface area contributed by atoms with Crippen molar-refractivity contribution in [3.8, 4) is 0 Å². The van der Waals surface area contributed by atoms with Crippen LogP contribution in [0.3, 0.4) is 0 Å². The van der Waals surface area contributed by atoms with Gasteiger partial charge < -0.3 is 4.90 Å². The number of carbonyl (C=O) groups excluding carboxylic acids is 1. The predicted octanol–water partition coefficient (Wildman–Crippen LogP) is 4.45. The Kier molecular flexibility index (Phi) is 4.22. The molecular formula is C18H27NO. The second kappa shape index (κ2) is 5.59. The Morgan fingerprint density at radius 3 is 2.40 bits per heavy atom. The molecule has 1 aliphatic rings. The van der Waals surface area contributed by atoms with E-state index in [0.717, 1.165) is 31.5 Å². The predicted molar refractivity (Wildman–Crippen MR) is 85.2 cm³/mol. The molecule has 0 atom stereocenters. The third-order valence-electron chi connectivity index (χ3n) is 4.75. The molecule has 0 unspecified atom stereocenters. The van der Waals surface area contributed by atoms with Crippen molar-refractivity contribution in [2.45, 2.75) is 59.3 Å². The van der Waals surface area contributed by atoms with Crippen LogP contribution in [0.2, 0.25) is 0 Å². The number of anilines is 1. The second-order valence-corrected chi connectivity index (χ2v) is 6.45. The van der Waals surface area contributed by atoms with Gasteiger partial charge in [-0.2, -0.15) is 0 Å². The van der Waals surface area contributed by atoms with Gasteiger partial charge in [-0.25, -0.2) is 0 Å². The zero-order valence-corrected chi connectivity index (χ0v) is 13.5. The Bertz CT molecular complexity index is 500. The van der Waals surface area contributed by atoms with Gasteiger partial charge in [-0.3, -0.25) is 4.79 Å². The second-order valence-electron chi connectivity index (χ2n) is 6.45. The summed E-state index contributed by atoms with van der Waals surface area (Å²) in [6.07, 6.45) is 2.83. The van der Waals surface area contributed by atoms with E-state index in [1.165, 1.54) is 11.1 Å². The molecule has 1 aromatic carbocycles. The quantitative estimate of drug-likeness (QED) is 0.776. The SMILES string of the molecule is CCC1(CC)C(=O)N(CCC(C)C)c2ccc(C)cc21. The van der Waals surface area contributed by atoms with Crippen LogP contribution < -0.4 is 4.90 Å². The summed E-state index contributed by atoms with van der Waals surface area (Å²) in [6, 6.07) is 6.47. The topological polar surface area (TPSA) is 20.3 Å². The highest BCUT2D eigenvalue weighted by Gasteiger charge is 2.47. The molecule has 2 rings (SSSR count). The molecule has 1 amide bonds. The van der Waals surface area contributed by atoms with E-state index in [2.05, 4.69) is 52.8 Å². The van der Waals surface area contributed by atoms with Gasteiger partial charge >= 0.3 is 0 Å². The first-order valence-corrected chi connectivity index (χ1v) is 7.89. The van der Waals surface area contributed by atoms with E-state index in [4.69, 9.17) is 0 Å². The molecule has 20 heavy (non-hydrogen) atoms. The van der Waals surface area contributed by atoms with Gasteiger partial charge in [0.2, 0.25) is 5.91 Å². The molecule has 0 saturated carbocycles. The van der Waals surface area contributed by atoms with Gasteiger partial charge in [0.1, 0.15) is 0 Å². The van der Waals surface area contributed by atoms with E-state index in [1.807, 2.05) is 4.90 Å². The third-order valence-corrected chi connectivity index (χ3v) is 4.75. The van der Waals surface area contributed by atoms with E-state index in [0.29, 0.717) is 11.8 Å². The van der Waals surface area contributed by atoms with Crippen LogP contribution in [-0.4, -0.2) is 12.5 Å². The highest BCUT2D eigenvalue weighted by molar-refractivity contribution is 6.08. The van der Waals surface area contributed by atoms with Crippen molar-refractivity contribution in [1.82, 2.24) is 0 Å². The summed E-state index contributed by atoms with van der Waals surface area (Å²) >= 11 is 0. The first-order valence-electron chi connectivity index (χ1n) is 7.89. The molecule has 0 bridgehead atoms. The lowest BCUT2D eigenvalue weighted by atomic mass is 9.76. The van der Waals surface area contributed by atoms with Crippen molar-refractivity contribution in [2.75, 3.05) is 11.4 Å². The minimum Gasteiger partial charge on any atom is -0.311 e. The maximum absolute atomic E-state index is 13.0. The van der Waals surface area contributed by atoms with Gasteiger partial charge in [0, 0.05) is 12.2 Å². The lowest BCUT2D eigenvalue weighted by molar-refractivity contribution is -0.123. The number of nitrogens with zero attached hydrogens (tertiary/aromatic N) is 1. The molecule has 0 spiro atoms. The number of amides is 1. The van der Waals surface area contributed by atoms with E-state index in [1.54, 1.807) is 0 Å². The summed E-state index contributed by atoms with van der Waals surface area (Å²) in [5, 5.41) is 0. The maximum atomic E-state index is 13.0. The number of hydrogen-bond donors (Lipinski definition) is 0. The Hall–Kier alpha value is -1.31. The lowest BCUT2D eigenvalue weighted by Crippen LogP contribution is -2.40. The normalized spacial score (nSPS) is 16.9. The number of carbonyl (C=O) groups is 1. The highest BCUT2D eigenvalue weighted by Crippen LogP contribution is 2.46. The summed E-state index contributed by atoms with van der Waals surface area (Å²) in [6.45, 7) is 11.7. The molecule has 1 heterocycles. The van der Waals surface area contributed by atoms with Crippen molar-refractivity contribution < 1.29 is 4.79 Å². The largest absolute Gasteiger partial charge is 0.311 e. The Labute approximate surface area is 123 Å². The Balaban J connectivity index is 2.46. The highest BCUT2D eigenvalue weighted by atomic mass is 16.2. The van der Waals surface area contributed by atoms with Crippen LogP contribution in [0.5, 0.6) is 0 Å². The summed E-state index contributed by atoms with van der Waals surface area (Å²) in [5.74, 6) is 0.929. The van der Waals surface area contributed by atoms with Gasteiger partial charge in [0.25, 0.3) is 0 Å². The average molecular weight is 273 g/mol. The fraction of sp³-hybridized carbons (Fsp3) is 0.611. The van der Waals surface area contributed by atoms with Gasteiger partial charge in [0.05, 0.1) is 5.41 Å². The fourth-order valence-electron chi connectivity index (χ4n) is 3.29. The third kappa shape index (κ3) is 2.25. The van der Waals surface area contributed by atoms with Crippen LogP contribution in [0.25, 0.3) is 0 Å². The number of rotatable bonds is 5. The minimum absolute atomic E-state index is 0.293. The maximum Gasteiger partial charge on any atom is 0.237 e. The van der Waals surface area contributed by atoms with Crippen LogP contribution in [0.4, 0.5) is 5.69 Å². The first kappa shape index (κ1) is 15.1. The molecule has 2 heteroatoms. The molecule has 0 aromatic heterocycles. The van der Waals surface area contributed by atoms with Crippen LogP contribution in [-0.2, 0) is 10.2 Å². The zero-order valence-electron chi connectivity index (χ0n) is 13.5. The number of aryl methyl sites for hydroxylation is 1. The van der Waals surface area contributed by atoms with Crippen LogP contribution >= 0.6 is 0 Å². The lowest BCUT2D eigenvalue weighted by Gasteiger charge is -2.26. The van der Waals surface area contributed by atoms with Crippen molar-refractivity contribution in [3.63, 3.8) is 0 Å². The van der Waals surface area contributed by atoms with Crippen LogP contribution in [0.15, 0.2) is 18.2 Å². The fourth-order valence-corrected chi connectivity index (χ4v) is 3.29. The molecular weight excluding hydrogens is 246 g/mol. The minimum atomic E-state index is -0.293. The molecule has 1 aromatic rings. The van der Waals surface area contributed by atoms with E-state index in [9.17, 15) is 4.79 Å². The Morgan fingerprint density at radius 2 is 1.85 bits per heavy atom. The van der Waals surface area contributed by atoms with E-state index < -0.39 is 0 Å². The van der Waals surface area contributed by atoms with Crippen molar-refractivity contribution in [1.29, 1.82) is 0 Å². The van der Waals surface area contributed by atoms with Crippen molar-refractivity contribution >= 4 is 11.6 Å². The number of fused-ring (bicyclic) bond motifs is 1. The standard InChI is InChI=1S/C18H27NO/c1-6-18(7-2)15-12-14(5)8-9-16(15)19(17(18)20)11-10-13(3)4/h8-9,12-13H,6-7,10-11H2,1-5H3. The van der Waals surface area contributed by atoms with E-state index >= 15 is 0 Å². The molecule has 0 saturated heterocycles. The van der Waals surface area contributed by atoms with Gasteiger partial charge in [-0.15, -0.1) is 0 Å². The van der Waals surface area contributed by atoms with Gasteiger partial charge in [-0.05, 0) is 43.7 Å². The summed E-state index contributed by atoms with van der Waals surface area (Å²) in [7, 11) is 0. The molecule has 1 aliphatic heterocycles. The van der Waals surface area contributed by atoms with Gasteiger partial charge in [0.15, 0.2) is 0 Å². The van der Waals surface area contributed by atoms with E-state index in [-0.39, 0.29) is 5.41 Å². The van der Waals surface area contributed by atoms with Crippen molar-refractivity contribution in [2.24, 2.45) is 5.92 Å².